The zero-order valence-corrected chi connectivity index (χ0v) is 11.4. The summed E-state index contributed by atoms with van der Waals surface area (Å²) in [6.45, 7) is 1.50. The number of carbonyl (C=O) groups excluding carboxylic acids is 2. The summed E-state index contributed by atoms with van der Waals surface area (Å²) in [4.78, 5) is 23.9. The van der Waals surface area contributed by atoms with Crippen LogP contribution in [-0.2, 0) is 9.59 Å². The fraction of sp³-hybridized carbons (Fsp3) is 0.750. The number of thiocarbonyl (C=S) groups is 1. The monoisotopic (exact) mass is 274 g/mol. The summed E-state index contributed by atoms with van der Waals surface area (Å²) in [7, 11) is 0. The molecule has 0 aromatic rings. The summed E-state index contributed by atoms with van der Waals surface area (Å²) in [5, 5.41) is 5.08. The number of amides is 2. The van der Waals surface area contributed by atoms with Gasteiger partial charge in [0, 0.05) is 0 Å². The van der Waals surface area contributed by atoms with Gasteiger partial charge in [0.05, 0.1) is 6.67 Å². The Hall–Kier alpha value is -1.04. The topological polar surface area (TPSA) is 58.2 Å². The number of hydrogen-bond donors (Lipinski definition) is 2. The maximum atomic E-state index is 12.0. The van der Waals surface area contributed by atoms with E-state index in [9.17, 15) is 14.0 Å². The molecule has 102 valence electrons. The summed E-state index contributed by atoms with van der Waals surface area (Å²) in [6.07, 6.45) is 3.82. The van der Waals surface area contributed by atoms with Crippen LogP contribution in [0.25, 0.3) is 0 Å². The Bertz CT molecular complexity index is 327. The van der Waals surface area contributed by atoms with Crippen molar-refractivity contribution in [2.45, 2.75) is 45.4 Å². The third-order valence-electron chi connectivity index (χ3n) is 3.41. The Morgan fingerprint density at radius 2 is 1.67 bits per heavy atom. The molecule has 0 spiro atoms. The first-order chi connectivity index (χ1) is 8.56. The first kappa shape index (κ1) is 15.0. The highest BCUT2D eigenvalue weighted by Gasteiger charge is 2.47. The number of carbonyl (C=O) groups is 2. The van der Waals surface area contributed by atoms with Crippen LogP contribution < -0.4 is 10.6 Å². The van der Waals surface area contributed by atoms with Gasteiger partial charge in [0.25, 0.3) is 0 Å². The Kier molecular flexibility index (Phi) is 5.65. The molecule has 0 radical (unpaired) electrons. The van der Waals surface area contributed by atoms with Crippen molar-refractivity contribution in [3.8, 4) is 0 Å². The molecule has 0 saturated carbocycles. The fourth-order valence-electron chi connectivity index (χ4n) is 2.18. The first-order valence-electron chi connectivity index (χ1n) is 6.29. The van der Waals surface area contributed by atoms with Gasteiger partial charge in [0.15, 0.2) is 5.11 Å². The first-order valence-corrected chi connectivity index (χ1v) is 6.70. The van der Waals surface area contributed by atoms with Gasteiger partial charge in [-0.3, -0.25) is 14.0 Å². The molecule has 0 aromatic heterocycles. The molecule has 0 aromatic carbocycles. The molecule has 0 bridgehead atoms. The Labute approximate surface area is 112 Å². The molecule has 0 atom stereocenters. The normalized spacial score (nSPS) is 18.4. The Morgan fingerprint density at radius 1 is 1.11 bits per heavy atom. The minimum atomic E-state index is -1.02. The fourth-order valence-corrected chi connectivity index (χ4v) is 2.37. The molecule has 0 aliphatic carbocycles. The number of unbranched alkanes of at least 4 members (excludes halogenated alkanes) is 3. The van der Waals surface area contributed by atoms with Crippen LogP contribution in [0.1, 0.15) is 45.4 Å². The zero-order valence-electron chi connectivity index (χ0n) is 10.6. The van der Waals surface area contributed by atoms with Crippen molar-refractivity contribution in [1.82, 2.24) is 10.6 Å². The van der Waals surface area contributed by atoms with Crippen molar-refractivity contribution in [2.75, 3.05) is 6.67 Å². The second-order valence-corrected chi connectivity index (χ2v) is 4.93. The molecule has 6 heteroatoms. The van der Waals surface area contributed by atoms with Crippen LogP contribution in [0.15, 0.2) is 0 Å². The quantitative estimate of drug-likeness (QED) is 0.423. The second kappa shape index (κ2) is 6.78. The van der Waals surface area contributed by atoms with Crippen LogP contribution in [0.4, 0.5) is 4.39 Å². The smallest absolute Gasteiger partial charge is 0.241 e. The number of nitrogens with one attached hydrogen (secondary N) is 2. The van der Waals surface area contributed by atoms with Gasteiger partial charge < -0.3 is 10.6 Å². The largest absolute Gasteiger partial charge is 0.302 e. The van der Waals surface area contributed by atoms with E-state index in [0.717, 1.165) is 19.3 Å². The third kappa shape index (κ3) is 3.25. The lowest BCUT2D eigenvalue weighted by atomic mass is 9.77. The Balaban J connectivity index is 2.58. The van der Waals surface area contributed by atoms with Gasteiger partial charge in [-0.1, -0.05) is 26.2 Å². The highest BCUT2D eigenvalue weighted by atomic mass is 32.1. The van der Waals surface area contributed by atoms with Crippen molar-refractivity contribution in [2.24, 2.45) is 5.41 Å². The standard InChI is InChI=1S/C12H19FN2O2S/c1-2-12(7-5-3-4-6-8-13)9(16)14-11(18)15-10(12)17/h2-8H2,1H3,(H2,14,15,16,17,18). The molecule has 1 saturated heterocycles. The van der Waals surface area contributed by atoms with Gasteiger partial charge >= 0.3 is 0 Å². The van der Waals surface area contributed by atoms with E-state index in [4.69, 9.17) is 12.2 Å². The minimum absolute atomic E-state index is 0.0755. The molecule has 1 aliphatic rings. The van der Waals surface area contributed by atoms with Gasteiger partial charge in [0.2, 0.25) is 11.8 Å². The van der Waals surface area contributed by atoms with E-state index in [-0.39, 0.29) is 23.6 Å². The molecular formula is C12H19FN2O2S. The number of rotatable bonds is 7. The van der Waals surface area contributed by atoms with Gasteiger partial charge in [-0.25, -0.2) is 0 Å². The van der Waals surface area contributed by atoms with E-state index in [1.54, 1.807) is 0 Å². The molecule has 1 rings (SSSR count). The molecule has 2 N–H and O–H groups in total. The molecule has 1 fully saturated rings. The van der Waals surface area contributed by atoms with Crippen LogP contribution in [0.2, 0.25) is 0 Å². The van der Waals surface area contributed by atoms with Crippen molar-refractivity contribution in [1.29, 1.82) is 0 Å². The van der Waals surface area contributed by atoms with Gasteiger partial charge in [0.1, 0.15) is 5.41 Å². The molecule has 2 amide bonds. The average molecular weight is 274 g/mol. The highest BCUT2D eigenvalue weighted by molar-refractivity contribution is 7.80. The number of halogens is 1. The number of hydrogen-bond acceptors (Lipinski definition) is 3. The van der Waals surface area contributed by atoms with Crippen LogP contribution in [0, 0.1) is 5.41 Å². The lowest BCUT2D eigenvalue weighted by Crippen LogP contribution is -2.62. The van der Waals surface area contributed by atoms with Crippen molar-refractivity contribution in [3.63, 3.8) is 0 Å². The predicted molar refractivity (Wildman–Crippen MR) is 70.7 cm³/mol. The summed E-state index contributed by atoms with van der Waals surface area (Å²) in [5.41, 5.74) is -1.02. The predicted octanol–water partition coefficient (Wildman–Crippen LogP) is 1.83. The molecule has 4 nitrogen and oxygen atoms in total. The molecular weight excluding hydrogens is 255 g/mol. The van der Waals surface area contributed by atoms with E-state index in [0.29, 0.717) is 19.3 Å². The molecule has 18 heavy (non-hydrogen) atoms. The average Bonchev–Trinajstić information content (AvgIpc) is 2.32. The summed E-state index contributed by atoms with van der Waals surface area (Å²) in [5.74, 6) is -0.631. The molecule has 0 unspecified atom stereocenters. The summed E-state index contributed by atoms with van der Waals surface area (Å²) in [6, 6.07) is 0. The van der Waals surface area contributed by atoms with E-state index in [1.165, 1.54) is 0 Å². The maximum absolute atomic E-state index is 12.0. The van der Waals surface area contributed by atoms with E-state index < -0.39 is 5.41 Å². The van der Waals surface area contributed by atoms with Crippen LogP contribution >= 0.6 is 12.2 Å². The SMILES string of the molecule is CCC1(CCCCCCF)C(=O)NC(=S)NC1=O. The Morgan fingerprint density at radius 3 is 2.17 bits per heavy atom. The maximum Gasteiger partial charge on any atom is 0.241 e. The van der Waals surface area contributed by atoms with E-state index in [1.807, 2.05) is 6.92 Å². The zero-order chi connectivity index (χ0) is 13.6. The molecule has 1 heterocycles. The highest BCUT2D eigenvalue weighted by Crippen LogP contribution is 2.31. The summed E-state index contributed by atoms with van der Waals surface area (Å²) >= 11 is 4.77. The van der Waals surface area contributed by atoms with E-state index in [2.05, 4.69) is 10.6 Å². The lowest BCUT2D eigenvalue weighted by Gasteiger charge is -2.34. The van der Waals surface area contributed by atoms with E-state index >= 15 is 0 Å². The van der Waals surface area contributed by atoms with Crippen LogP contribution in [0.3, 0.4) is 0 Å². The van der Waals surface area contributed by atoms with Crippen LogP contribution in [0.5, 0.6) is 0 Å². The second-order valence-electron chi connectivity index (χ2n) is 4.53. The van der Waals surface area contributed by atoms with Crippen molar-refractivity contribution in [3.05, 3.63) is 0 Å². The lowest BCUT2D eigenvalue weighted by molar-refractivity contribution is -0.144. The molecule has 1 aliphatic heterocycles. The van der Waals surface area contributed by atoms with Gasteiger partial charge in [-0.15, -0.1) is 0 Å². The van der Waals surface area contributed by atoms with Gasteiger partial charge in [-0.05, 0) is 31.5 Å². The van der Waals surface area contributed by atoms with Crippen molar-refractivity contribution < 1.29 is 14.0 Å². The third-order valence-corrected chi connectivity index (χ3v) is 3.62. The van der Waals surface area contributed by atoms with Crippen molar-refractivity contribution >= 4 is 29.1 Å². The van der Waals surface area contributed by atoms with Crippen LogP contribution in [-0.4, -0.2) is 23.6 Å². The summed E-state index contributed by atoms with van der Waals surface area (Å²) < 4.78 is 11.9. The minimum Gasteiger partial charge on any atom is -0.302 e. The van der Waals surface area contributed by atoms with Gasteiger partial charge in [-0.2, -0.15) is 0 Å². The number of alkyl halides is 1.